The number of nitrogens with zero attached hydrogens (tertiary/aromatic N) is 2. The zero-order valence-electron chi connectivity index (χ0n) is 18.8. The molecular formula is C24H32N2O4S. The summed E-state index contributed by atoms with van der Waals surface area (Å²) < 4.78 is 33.4. The monoisotopic (exact) mass is 444 g/mol. The van der Waals surface area contributed by atoms with E-state index < -0.39 is 10.0 Å². The van der Waals surface area contributed by atoms with E-state index in [0.717, 1.165) is 41.7 Å². The summed E-state index contributed by atoms with van der Waals surface area (Å²) in [5.41, 5.74) is 3.42. The molecule has 2 aromatic rings. The van der Waals surface area contributed by atoms with Gasteiger partial charge in [0.15, 0.2) is 0 Å². The molecule has 1 aliphatic heterocycles. The Bertz CT molecular complexity index is 1020. The molecule has 0 saturated carbocycles. The Labute approximate surface area is 185 Å². The first kappa shape index (κ1) is 23.3. The van der Waals surface area contributed by atoms with E-state index in [1.165, 1.54) is 10.4 Å². The molecule has 0 aliphatic carbocycles. The van der Waals surface area contributed by atoms with Gasteiger partial charge < -0.3 is 9.64 Å². The van der Waals surface area contributed by atoms with Gasteiger partial charge in [-0.25, -0.2) is 8.42 Å². The molecule has 0 aromatic heterocycles. The fourth-order valence-electron chi connectivity index (χ4n) is 3.87. The lowest BCUT2D eigenvalue weighted by molar-refractivity contribution is 0.0772. The molecule has 0 atom stereocenters. The van der Waals surface area contributed by atoms with Gasteiger partial charge in [-0.1, -0.05) is 18.6 Å². The minimum atomic E-state index is -3.58. The number of benzene rings is 2. The van der Waals surface area contributed by atoms with Crippen molar-refractivity contribution < 1.29 is 17.9 Å². The van der Waals surface area contributed by atoms with Crippen LogP contribution in [0.3, 0.4) is 0 Å². The number of aryl methyl sites for hydroxylation is 3. The molecule has 1 heterocycles. The average Bonchev–Trinajstić information content (AvgIpc) is 2.73. The van der Waals surface area contributed by atoms with Gasteiger partial charge in [-0.15, -0.1) is 0 Å². The van der Waals surface area contributed by atoms with Gasteiger partial charge in [0, 0.05) is 25.7 Å². The number of rotatable bonds is 7. The lowest BCUT2D eigenvalue weighted by Gasteiger charge is -2.26. The Kier molecular flexibility index (Phi) is 7.38. The topological polar surface area (TPSA) is 66.9 Å². The van der Waals surface area contributed by atoms with Crippen LogP contribution in [-0.2, 0) is 10.0 Å². The highest BCUT2D eigenvalue weighted by atomic mass is 32.2. The summed E-state index contributed by atoms with van der Waals surface area (Å²) in [6.07, 6.45) is 2.80. The van der Waals surface area contributed by atoms with Gasteiger partial charge in [0.2, 0.25) is 10.0 Å². The third kappa shape index (κ3) is 5.66. The minimum absolute atomic E-state index is 0.184. The van der Waals surface area contributed by atoms with E-state index in [4.69, 9.17) is 4.74 Å². The van der Waals surface area contributed by atoms with Gasteiger partial charge in [-0.3, -0.25) is 4.79 Å². The van der Waals surface area contributed by atoms with Crippen molar-refractivity contribution in [3.8, 4) is 5.75 Å². The molecule has 0 bridgehead atoms. The number of amides is 1. The highest BCUT2D eigenvalue weighted by molar-refractivity contribution is 7.89. The van der Waals surface area contributed by atoms with Crippen LogP contribution in [0.5, 0.6) is 5.75 Å². The van der Waals surface area contributed by atoms with Crippen LogP contribution in [0.4, 0.5) is 0 Å². The second-order valence-corrected chi connectivity index (χ2v) is 10.3. The molecule has 1 saturated heterocycles. The second kappa shape index (κ2) is 9.83. The van der Waals surface area contributed by atoms with Crippen molar-refractivity contribution in [1.82, 2.24) is 9.21 Å². The predicted molar refractivity (Wildman–Crippen MR) is 122 cm³/mol. The number of hydrogen-bond donors (Lipinski definition) is 0. The van der Waals surface area contributed by atoms with Crippen LogP contribution in [-0.4, -0.2) is 56.8 Å². The second-order valence-electron chi connectivity index (χ2n) is 8.34. The summed E-state index contributed by atoms with van der Waals surface area (Å²) in [4.78, 5) is 14.8. The van der Waals surface area contributed by atoms with Crippen LogP contribution in [0.15, 0.2) is 41.3 Å². The van der Waals surface area contributed by atoms with Crippen LogP contribution >= 0.6 is 0 Å². The van der Waals surface area contributed by atoms with Gasteiger partial charge in [0.25, 0.3) is 5.91 Å². The summed E-state index contributed by atoms with van der Waals surface area (Å²) in [5.74, 6) is 0.571. The molecule has 0 spiro atoms. The Morgan fingerprint density at radius 1 is 1.00 bits per heavy atom. The number of piperidine rings is 1. The first-order valence-electron chi connectivity index (χ1n) is 10.8. The van der Waals surface area contributed by atoms with Crippen molar-refractivity contribution >= 4 is 15.9 Å². The number of ether oxygens (including phenoxy) is 1. The third-order valence-electron chi connectivity index (χ3n) is 5.63. The molecule has 168 valence electrons. The zero-order chi connectivity index (χ0) is 22.6. The number of carbonyl (C=O) groups excluding carboxylic acids is 1. The average molecular weight is 445 g/mol. The van der Waals surface area contributed by atoms with Crippen LogP contribution in [0.25, 0.3) is 0 Å². The molecule has 0 radical (unpaired) electrons. The van der Waals surface area contributed by atoms with E-state index in [0.29, 0.717) is 31.8 Å². The smallest absolute Gasteiger partial charge is 0.254 e. The molecule has 3 rings (SSSR count). The van der Waals surface area contributed by atoms with Gasteiger partial charge in [-0.05, 0) is 74.6 Å². The zero-order valence-corrected chi connectivity index (χ0v) is 19.7. The van der Waals surface area contributed by atoms with Crippen LogP contribution in [0.2, 0.25) is 0 Å². The van der Waals surface area contributed by atoms with Crippen LogP contribution in [0, 0.1) is 20.8 Å². The number of carbonyl (C=O) groups is 1. The molecule has 7 heteroatoms. The largest absolute Gasteiger partial charge is 0.492 e. The molecule has 1 aliphatic rings. The van der Waals surface area contributed by atoms with Crippen molar-refractivity contribution in [3.63, 3.8) is 0 Å². The maximum absolute atomic E-state index is 13.0. The number of hydrogen-bond acceptors (Lipinski definition) is 4. The van der Waals surface area contributed by atoms with Crippen molar-refractivity contribution in [1.29, 1.82) is 0 Å². The minimum Gasteiger partial charge on any atom is -0.492 e. The summed E-state index contributed by atoms with van der Waals surface area (Å²) in [5, 5.41) is 0. The van der Waals surface area contributed by atoms with Gasteiger partial charge in [0.1, 0.15) is 12.4 Å². The molecule has 2 aromatic carbocycles. The molecule has 1 amide bonds. The quantitative estimate of drug-likeness (QED) is 0.649. The summed E-state index contributed by atoms with van der Waals surface area (Å²) in [7, 11) is -1.88. The van der Waals surface area contributed by atoms with Crippen molar-refractivity contribution in [2.45, 2.75) is 44.9 Å². The van der Waals surface area contributed by atoms with Gasteiger partial charge in [0.05, 0.1) is 11.4 Å². The van der Waals surface area contributed by atoms with E-state index in [2.05, 4.69) is 6.07 Å². The van der Waals surface area contributed by atoms with Crippen molar-refractivity contribution in [3.05, 3.63) is 58.7 Å². The van der Waals surface area contributed by atoms with Gasteiger partial charge >= 0.3 is 0 Å². The third-order valence-corrected chi connectivity index (χ3v) is 7.52. The molecule has 0 unspecified atom stereocenters. The predicted octanol–water partition coefficient (Wildman–Crippen LogP) is 3.94. The molecule has 0 N–H and O–H groups in total. The van der Waals surface area contributed by atoms with Crippen LogP contribution in [0.1, 0.15) is 46.3 Å². The molecular weight excluding hydrogens is 412 g/mol. The maximum atomic E-state index is 13.0. The highest BCUT2D eigenvalue weighted by Crippen LogP contribution is 2.23. The van der Waals surface area contributed by atoms with E-state index in [1.807, 2.05) is 32.9 Å². The highest BCUT2D eigenvalue weighted by Gasteiger charge is 2.27. The fourth-order valence-corrected chi connectivity index (χ4v) is 5.41. The normalized spacial score (nSPS) is 15.0. The Morgan fingerprint density at radius 2 is 1.65 bits per heavy atom. The Morgan fingerprint density at radius 3 is 2.29 bits per heavy atom. The number of likely N-dealkylation sites (N-methyl/N-ethyl adjacent to an activating group) is 1. The Hall–Kier alpha value is -2.38. The molecule has 1 fully saturated rings. The summed E-state index contributed by atoms with van der Waals surface area (Å²) in [6.45, 7) is 7.69. The van der Waals surface area contributed by atoms with Crippen LogP contribution < -0.4 is 4.74 Å². The maximum Gasteiger partial charge on any atom is 0.254 e. The number of sulfonamides is 1. The Balaban J connectivity index is 1.69. The van der Waals surface area contributed by atoms with Crippen molar-refractivity contribution in [2.75, 3.05) is 33.3 Å². The lowest BCUT2D eigenvalue weighted by Crippen LogP contribution is -2.36. The fraction of sp³-hybridized carbons (Fsp3) is 0.458. The van der Waals surface area contributed by atoms with Gasteiger partial charge in [-0.2, -0.15) is 4.31 Å². The molecule has 31 heavy (non-hydrogen) atoms. The molecule has 6 nitrogen and oxygen atoms in total. The van der Waals surface area contributed by atoms with E-state index >= 15 is 0 Å². The van der Waals surface area contributed by atoms with E-state index in [1.54, 1.807) is 24.1 Å². The first-order chi connectivity index (χ1) is 14.7. The van der Waals surface area contributed by atoms with E-state index in [9.17, 15) is 13.2 Å². The first-order valence-corrected chi connectivity index (χ1v) is 12.2. The standard InChI is InChI=1S/C24H32N2O4S/c1-18-14-19(2)16-21(15-18)30-13-12-25(4)24(27)23-17-22(9-8-20(23)3)31(28,29)26-10-6-5-7-11-26/h8-9,14-17H,5-7,10-13H2,1-4H3. The SMILES string of the molecule is Cc1cc(C)cc(OCCN(C)C(=O)c2cc(S(=O)(=O)N3CCCCC3)ccc2C)c1. The van der Waals surface area contributed by atoms with Crippen molar-refractivity contribution in [2.24, 2.45) is 0 Å². The summed E-state index contributed by atoms with van der Waals surface area (Å²) in [6, 6.07) is 10.8. The summed E-state index contributed by atoms with van der Waals surface area (Å²) >= 11 is 0. The van der Waals surface area contributed by atoms with E-state index in [-0.39, 0.29) is 10.8 Å². The lowest BCUT2D eigenvalue weighted by atomic mass is 10.1.